The lowest BCUT2D eigenvalue weighted by Crippen LogP contribution is -2.12. The number of ether oxygens (including phenoxy) is 4. The van der Waals surface area contributed by atoms with Crippen LogP contribution in [0.2, 0.25) is 0 Å². The zero-order chi connectivity index (χ0) is 24.4. The molecule has 0 saturated heterocycles. The first-order valence-corrected chi connectivity index (χ1v) is 12.3. The molecule has 2 aromatic rings. The maximum atomic E-state index is 11.4. The predicted octanol–water partition coefficient (Wildman–Crippen LogP) is 6.36. The SMILES string of the molecule is C=C(C)C(=O)OCCOc1ccc(Sc2ccc(OCCOC(=O)C(=C)C)c(Br)c2)cc1Br. The molecule has 0 fully saturated rings. The summed E-state index contributed by atoms with van der Waals surface area (Å²) in [5, 5.41) is 0. The summed E-state index contributed by atoms with van der Waals surface area (Å²) in [6.45, 7) is 11.0. The first kappa shape index (κ1) is 27.0. The number of hydrogen-bond acceptors (Lipinski definition) is 7. The number of halogens is 2. The van der Waals surface area contributed by atoms with Crippen LogP contribution >= 0.6 is 43.6 Å². The molecule has 6 nitrogen and oxygen atoms in total. The highest BCUT2D eigenvalue weighted by atomic mass is 79.9. The van der Waals surface area contributed by atoms with Crippen molar-refractivity contribution in [3.8, 4) is 11.5 Å². The Bertz CT molecular complexity index is 956. The fourth-order valence-electron chi connectivity index (χ4n) is 2.28. The van der Waals surface area contributed by atoms with Gasteiger partial charge in [-0.05, 0) is 82.1 Å². The topological polar surface area (TPSA) is 71.1 Å². The summed E-state index contributed by atoms with van der Waals surface area (Å²) < 4.78 is 22.9. The highest BCUT2D eigenvalue weighted by Crippen LogP contribution is 2.37. The van der Waals surface area contributed by atoms with Crippen LogP contribution in [0.1, 0.15) is 13.8 Å². The first-order chi connectivity index (χ1) is 15.7. The highest BCUT2D eigenvalue weighted by Gasteiger charge is 2.09. The third-order valence-corrected chi connectivity index (χ3v) is 6.11. The number of benzene rings is 2. The van der Waals surface area contributed by atoms with Gasteiger partial charge >= 0.3 is 11.9 Å². The van der Waals surface area contributed by atoms with Crippen LogP contribution in [-0.4, -0.2) is 38.4 Å². The summed E-state index contributed by atoms with van der Waals surface area (Å²) >= 11 is 8.60. The molecular formula is C24H24Br2O6S. The van der Waals surface area contributed by atoms with Gasteiger partial charge in [-0.15, -0.1) is 0 Å². The summed E-state index contributed by atoms with van der Waals surface area (Å²) in [6.07, 6.45) is 0. The van der Waals surface area contributed by atoms with Crippen molar-refractivity contribution in [3.63, 3.8) is 0 Å². The van der Waals surface area contributed by atoms with Gasteiger partial charge < -0.3 is 18.9 Å². The van der Waals surface area contributed by atoms with Gasteiger partial charge in [0, 0.05) is 20.9 Å². The highest BCUT2D eigenvalue weighted by molar-refractivity contribution is 9.11. The van der Waals surface area contributed by atoms with E-state index in [-0.39, 0.29) is 26.4 Å². The zero-order valence-electron chi connectivity index (χ0n) is 18.3. The van der Waals surface area contributed by atoms with Crippen LogP contribution in [0.25, 0.3) is 0 Å². The minimum Gasteiger partial charge on any atom is -0.489 e. The van der Waals surface area contributed by atoms with Gasteiger partial charge in [0.25, 0.3) is 0 Å². The maximum absolute atomic E-state index is 11.4. The summed E-state index contributed by atoms with van der Waals surface area (Å²) in [5.74, 6) is 0.447. The van der Waals surface area contributed by atoms with Crippen molar-refractivity contribution in [1.29, 1.82) is 0 Å². The second-order valence-corrected chi connectivity index (χ2v) is 9.67. The molecule has 0 unspecified atom stereocenters. The van der Waals surface area contributed by atoms with Crippen molar-refractivity contribution in [3.05, 3.63) is 69.6 Å². The fraction of sp³-hybridized carbons (Fsp3) is 0.250. The number of hydrogen-bond donors (Lipinski definition) is 0. The minimum absolute atomic E-state index is 0.146. The van der Waals surface area contributed by atoms with Crippen LogP contribution in [0.3, 0.4) is 0 Å². The van der Waals surface area contributed by atoms with Crippen LogP contribution in [0.15, 0.2) is 79.4 Å². The van der Waals surface area contributed by atoms with E-state index >= 15 is 0 Å². The molecule has 2 aromatic carbocycles. The molecule has 176 valence electrons. The van der Waals surface area contributed by atoms with E-state index in [2.05, 4.69) is 45.0 Å². The normalized spacial score (nSPS) is 10.3. The molecule has 0 aliphatic carbocycles. The Morgan fingerprint density at radius 1 is 0.758 bits per heavy atom. The second kappa shape index (κ2) is 13.5. The Hall–Kier alpha value is -2.23. The van der Waals surface area contributed by atoms with Crippen LogP contribution in [0, 0.1) is 0 Å². The van der Waals surface area contributed by atoms with Gasteiger partial charge in [-0.25, -0.2) is 9.59 Å². The van der Waals surface area contributed by atoms with E-state index in [0.717, 1.165) is 18.7 Å². The molecule has 0 saturated carbocycles. The van der Waals surface area contributed by atoms with Crippen molar-refractivity contribution in [2.45, 2.75) is 23.6 Å². The van der Waals surface area contributed by atoms with E-state index in [4.69, 9.17) is 18.9 Å². The van der Waals surface area contributed by atoms with Crippen molar-refractivity contribution in [2.24, 2.45) is 0 Å². The Kier molecular flexibility index (Phi) is 11.0. The lowest BCUT2D eigenvalue weighted by Gasteiger charge is -2.12. The van der Waals surface area contributed by atoms with E-state index in [9.17, 15) is 9.59 Å². The van der Waals surface area contributed by atoms with E-state index in [1.807, 2.05) is 36.4 Å². The van der Waals surface area contributed by atoms with Crippen molar-refractivity contribution >= 4 is 55.6 Å². The summed E-state index contributed by atoms with van der Waals surface area (Å²) in [7, 11) is 0. The number of esters is 2. The Balaban J connectivity index is 1.86. The summed E-state index contributed by atoms with van der Waals surface area (Å²) in [5.41, 5.74) is 0.709. The molecule has 0 N–H and O–H groups in total. The van der Waals surface area contributed by atoms with Gasteiger partial charge in [0.15, 0.2) is 0 Å². The molecule has 0 aliphatic heterocycles. The van der Waals surface area contributed by atoms with Crippen molar-refractivity contribution < 1.29 is 28.5 Å². The standard InChI is InChI=1S/C24H24Br2O6S/c1-15(2)23(27)31-11-9-29-21-7-5-17(13-19(21)25)33-18-6-8-22(20(26)14-18)30-10-12-32-24(28)16(3)4/h5-8,13-14H,1,3,9-12H2,2,4H3. The van der Waals surface area contributed by atoms with Gasteiger partial charge in [0.2, 0.25) is 0 Å². The smallest absolute Gasteiger partial charge is 0.333 e. The lowest BCUT2D eigenvalue weighted by atomic mass is 10.3. The van der Waals surface area contributed by atoms with E-state index in [1.54, 1.807) is 25.6 Å². The van der Waals surface area contributed by atoms with Gasteiger partial charge in [-0.1, -0.05) is 24.9 Å². The van der Waals surface area contributed by atoms with Gasteiger partial charge in [0.1, 0.15) is 37.9 Å². The minimum atomic E-state index is -0.432. The molecule has 0 aliphatic rings. The van der Waals surface area contributed by atoms with Gasteiger partial charge in [-0.2, -0.15) is 0 Å². The summed E-state index contributed by atoms with van der Waals surface area (Å²) in [6, 6.07) is 11.5. The molecular weight excluding hydrogens is 576 g/mol. The Morgan fingerprint density at radius 3 is 1.48 bits per heavy atom. The zero-order valence-corrected chi connectivity index (χ0v) is 22.3. The fourth-order valence-corrected chi connectivity index (χ4v) is 4.47. The monoisotopic (exact) mass is 598 g/mol. The number of rotatable bonds is 12. The molecule has 0 bridgehead atoms. The summed E-state index contributed by atoms with van der Waals surface area (Å²) in [4.78, 5) is 24.8. The van der Waals surface area contributed by atoms with Crippen LogP contribution in [0.4, 0.5) is 0 Å². The third kappa shape index (κ3) is 9.27. The molecule has 9 heteroatoms. The molecule has 0 atom stereocenters. The first-order valence-electron chi connectivity index (χ1n) is 9.85. The maximum Gasteiger partial charge on any atom is 0.333 e. The molecule has 0 spiro atoms. The van der Waals surface area contributed by atoms with Gasteiger partial charge in [0.05, 0.1) is 8.95 Å². The van der Waals surface area contributed by atoms with E-state index in [1.165, 1.54) is 0 Å². The molecule has 0 radical (unpaired) electrons. The number of carbonyl (C=O) groups is 2. The van der Waals surface area contributed by atoms with Crippen molar-refractivity contribution in [1.82, 2.24) is 0 Å². The molecule has 2 rings (SSSR count). The lowest BCUT2D eigenvalue weighted by molar-refractivity contribution is -0.140. The average molecular weight is 600 g/mol. The Labute approximate surface area is 214 Å². The molecule has 0 aromatic heterocycles. The van der Waals surface area contributed by atoms with Crippen molar-refractivity contribution in [2.75, 3.05) is 26.4 Å². The van der Waals surface area contributed by atoms with Crippen LogP contribution < -0.4 is 9.47 Å². The van der Waals surface area contributed by atoms with Crippen LogP contribution in [-0.2, 0) is 19.1 Å². The largest absolute Gasteiger partial charge is 0.489 e. The molecule has 0 heterocycles. The number of carbonyl (C=O) groups excluding carboxylic acids is 2. The third-order valence-electron chi connectivity index (χ3n) is 3.89. The molecule has 33 heavy (non-hydrogen) atoms. The predicted molar refractivity (Wildman–Crippen MR) is 135 cm³/mol. The molecule has 0 amide bonds. The van der Waals surface area contributed by atoms with Crippen LogP contribution in [0.5, 0.6) is 11.5 Å². The van der Waals surface area contributed by atoms with Gasteiger partial charge in [-0.3, -0.25) is 0 Å². The quantitative estimate of drug-likeness (QED) is 0.160. The van der Waals surface area contributed by atoms with E-state index < -0.39 is 11.9 Å². The Morgan fingerprint density at radius 2 is 1.15 bits per heavy atom. The van der Waals surface area contributed by atoms with E-state index in [0.29, 0.717) is 22.6 Å². The average Bonchev–Trinajstić information content (AvgIpc) is 2.76. The second-order valence-electron chi connectivity index (χ2n) is 6.82.